The van der Waals surface area contributed by atoms with E-state index in [1.807, 2.05) is 26.0 Å². The van der Waals surface area contributed by atoms with E-state index < -0.39 is 6.10 Å². The van der Waals surface area contributed by atoms with Crippen LogP contribution in [0.2, 0.25) is 0 Å². The summed E-state index contributed by atoms with van der Waals surface area (Å²) in [4.78, 5) is 2.09. The van der Waals surface area contributed by atoms with Crippen molar-refractivity contribution in [2.24, 2.45) is 0 Å². The second-order valence-electron chi connectivity index (χ2n) is 5.42. The standard InChI is InChI=1S/C18H22FNO/c1-5-20(15-8-6-12(2)7-9-15)18-10-13(3)17(19)11-16(18)14(4)21/h6-11,14,21H,5H2,1-4H3. The Morgan fingerprint density at radius 2 is 1.76 bits per heavy atom. The van der Waals surface area contributed by atoms with Gasteiger partial charge in [0.15, 0.2) is 0 Å². The zero-order valence-corrected chi connectivity index (χ0v) is 13.0. The highest BCUT2D eigenvalue weighted by Gasteiger charge is 2.17. The molecule has 0 saturated heterocycles. The van der Waals surface area contributed by atoms with Crippen LogP contribution >= 0.6 is 0 Å². The molecule has 0 amide bonds. The lowest BCUT2D eigenvalue weighted by Gasteiger charge is -2.27. The normalized spacial score (nSPS) is 12.3. The molecule has 0 bridgehead atoms. The minimum atomic E-state index is -0.713. The first-order valence-corrected chi connectivity index (χ1v) is 7.26. The number of hydrogen-bond donors (Lipinski definition) is 1. The summed E-state index contributed by atoms with van der Waals surface area (Å²) in [5.41, 5.74) is 4.28. The summed E-state index contributed by atoms with van der Waals surface area (Å²) >= 11 is 0. The third kappa shape index (κ3) is 3.24. The topological polar surface area (TPSA) is 23.5 Å². The number of rotatable bonds is 4. The van der Waals surface area contributed by atoms with Crippen molar-refractivity contribution >= 4 is 11.4 Å². The van der Waals surface area contributed by atoms with Crippen molar-refractivity contribution in [2.75, 3.05) is 11.4 Å². The minimum Gasteiger partial charge on any atom is -0.389 e. The summed E-state index contributed by atoms with van der Waals surface area (Å²) in [6, 6.07) is 11.4. The molecule has 1 unspecified atom stereocenters. The van der Waals surface area contributed by atoms with Crippen LogP contribution in [0.3, 0.4) is 0 Å². The van der Waals surface area contributed by atoms with Gasteiger partial charge in [-0.25, -0.2) is 4.39 Å². The summed E-state index contributed by atoms with van der Waals surface area (Å²) in [5.74, 6) is -0.283. The first kappa shape index (κ1) is 15.5. The molecule has 0 aliphatic heterocycles. The molecule has 0 aromatic heterocycles. The van der Waals surface area contributed by atoms with E-state index >= 15 is 0 Å². The quantitative estimate of drug-likeness (QED) is 0.884. The number of hydrogen-bond acceptors (Lipinski definition) is 2. The monoisotopic (exact) mass is 287 g/mol. The molecule has 2 rings (SSSR count). The number of anilines is 2. The molecule has 2 aromatic rings. The largest absolute Gasteiger partial charge is 0.389 e. The van der Waals surface area contributed by atoms with E-state index in [-0.39, 0.29) is 5.82 Å². The van der Waals surface area contributed by atoms with Crippen LogP contribution in [0.15, 0.2) is 36.4 Å². The number of nitrogens with zero attached hydrogens (tertiary/aromatic N) is 1. The van der Waals surface area contributed by atoms with Gasteiger partial charge in [-0.1, -0.05) is 17.7 Å². The molecule has 1 atom stereocenters. The maximum atomic E-state index is 13.8. The van der Waals surface area contributed by atoms with Gasteiger partial charge in [-0.2, -0.15) is 0 Å². The zero-order chi connectivity index (χ0) is 15.6. The molecule has 0 aliphatic carbocycles. The minimum absolute atomic E-state index is 0.283. The fourth-order valence-corrected chi connectivity index (χ4v) is 2.47. The molecule has 0 spiro atoms. The van der Waals surface area contributed by atoms with Crippen LogP contribution < -0.4 is 4.90 Å². The maximum absolute atomic E-state index is 13.8. The molecular weight excluding hydrogens is 265 g/mol. The predicted octanol–water partition coefficient (Wildman–Crippen LogP) is 4.65. The summed E-state index contributed by atoms with van der Waals surface area (Å²) in [6.07, 6.45) is -0.713. The lowest BCUT2D eigenvalue weighted by molar-refractivity contribution is 0.199. The van der Waals surface area contributed by atoms with Gasteiger partial charge in [0.2, 0.25) is 0 Å². The molecule has 2 nitrogen and oxygen atoms in total. The Balaban J connectivity index is 2.56. The Labute approximate surface area is 125 Å². The Morgan fingerprint density at radius 3 is 2.29 bits per heavy atom. The predicted molar refractivity (Wildman–Crippen MR) is 85.6 cm³/mol. The highest BCUT2D eigenvalue weighted by Crippen LogP contribution is 2.34. The van der Waals surface area contributed by atoms with Crippen LogP contribution in [0.1, 0.15) is 36.6 Å². The van der Waals surface area contributed by atoms with Crippen LogP contribution in [-0.4, -0.2) is 11.7 Å². The van der Waals surface area contributed by atoms with Gasteiger partial charge < -0.3 is 10.0 Å². The van der Waals surface area contributed by atoms with E-state index in [4.69, 9.17) is 0 Å². The molecule has 2 aromatic carbocycles. The SMILES string of the molecule is CCN(c1ccc(C)cc1)c1cc(C)c(F)cc1C(C)O. The number of benzene rings is 2. The molecular formula is C18H22FNO. The van der Waals surface area contributed by atoms with Gasteiger partial charge in [-0.05, 0) is 57.5 Å². The Morgan fingerprint density at radius 1 is 1.14 bits per heavy atom. The van der Waals surface area contributed by atoms with Crippen molar-refractivity contribution in [3.63, 3.8) is 0 Å². The third-order valence-electron chi connectivity index (χ3n) is 3.71. The zero-order valence-electron chi connectivity index (χ0n) is 13.0. The molecule has 112 valence electrons. The van der Waals surface area contributed by atoms with Crippen molar-refractivity contribution in [3.05, 3.63) is 58.9 Å². The average molecular weight is 287 g/mol. The summed E-state index contributed by atoms with van der Waals surface area (Å²) < 4.78 is 13.8. The van der Waals surface area contributed by atoms with Gasteiger partial charge in [0.05, 0.1) is 6.10 Å². The van der Waals surface area contributed by atoms with Crippen LogP contribution in [-0.2, 0) is 0 Å². The maximum Gasteiger partial charge on any atom is 0.126 e. The second kappa shape index (κ2) is 6.27. The molecule has 1 N–H and O–H groups in total. The summed E-state index contributed by atoms with van der Waals surface area (Å²) in [5, 5.41) is 9.96. The van der Waals surface area contributed by atoms with E-state index in [1.54, 1.807) is 19.9 Å². The van der Waals surface area contributed by atoms with Crippen molar-refractivity contribution < 1.29 is 9.50 Å². The van der Waals surface area contributed by atoms with Gasteiger partial charge in [-0.15, -0.1) is 0 Å². The van der Waals surface area contributed by atoms with Crippen molar-refractivity contribution in [1.82, 2.24) is 0 Å². The molecule has 3 heteroatoms. The van der Waals surface area contributed by atoms with Gasteiger partial charge in [0, 0.05) is 23.5 Å². The van der Waals surface area contributed by atoms with Crippen LogP contribution in [0.5, 0.6) is 0 Å². The Bertz CT molecular complexity index is 620. The smallest absolute Gasteiger partial charge is 0.126 e. The highest BCUT2D eigenvalue weighted by molar-refractivity contribution is 5.68. The average Bonchev–Trinajstić information content (AvgIpc) is 2.45. The number of halogens is 1. The number of aryl methyl sites for hydroxylation is 2. The molecule has 21 heavy (non-hydrogen) atoms. The number of aliphatic hydroxyl groups is 1. The lowest BCUT2D eigenvalue weighted by atomic mass is 10.0. The fourth-order valence-electron chi connectivity index (χ4n) is 2.47. The van der Waals surface area contributed by atoms with E-state index in [0.29, 0.717) is 11.1 Å². The molecule has 0 fully saturated rings. The third-order valence-corrected chi connectivity index (χ3v) is 3.71. The summed E-state index contributed by atoms with van der Waals surface area (Å²) in [6.45, 7) is 8.24. The first-order valence-electron chi connectivity index (χ1n) is 7.26. The Kier molecular flexibility index (Phi) is 4.63. The van der Waals surface area contributed by atoms with Crippen molar-refractivity contribution in [3.8, 4) is 0 Å². The molecule has 0 aliphatic rings. The molecule has 0 heterocycles. The summed E-state index contributed by atoms with van der Waals surface area (Å²) in [7, 11) is 0. The van der Waals surface area contributed by atoms with Gasteiger partial charge >= 0.3 is 0 Å². The first-order chi connectivity index (χ1) is 9.93. The van der Waals surface area contributed by atoms with Crippen LogP contribution in [0.4, 0.5) is 15.8 Å². The molecule has 0 saturated carbocycles. The van der Waals surface area contributed by atoms with Gasteiger partial charge in [0.1, 0.15) is 5.82 Å². The van der Waals surface area contributed by atoms with Crippen LogP contribution in [0.25, 0.3) is 0 Å². The Hall–Kier alpha value is -1.87. The van der Waals surface area contributed by atoms with Gasteiger partial charge in [0.25, 0.3) is 0 Å². The van der Waals surface area contributed by atoms with E-state index in [2.05, 4.69) is 17.0 Å². The fraction of sp³-hybridized carbons (Fsp3) is 0.333. The van der Waals surface area contributed by atoms with E-state index in [1.165, 1.54) is 11.6 Å². The number of aliphatic hydroxyl groups excluding tert-OH is 1. The van der Waals surface area contributed by atoms with E-state index in [9.17, 15) is 9.50 Å². The van der Waals surface area contributed by atoms with Crippen molar-refractivity contribution in [1.29, 1.82) is 0 Å². The van der Waals surface area contributed by atoms with Gasteiger partial charge in [-0.3, -0.25) is 0 Å². The van der Waals surface area contributed by atoms with E-state index in [0.717, 1.165) is 17.9 Å². The highest BCUT2D eigenvalue weighted by atomic mass is 19.1. The molecule has 0 radical (unpaired) electrons. The van der Waals surface area contributed by atoms with Crippen LogP contribution in [0, 0.1) is 19.7 Å². The lowest BCUT2D eigenvalue weighted by Crippen LogP contribution is -2.19. The second-order valence-corrected chi connectivity index (χ2v) is 5.42. The van der Waals surface area contributed by atoms with Crippen molar-refractivity contribution in [2.45, 2.75) is 33.8 Å².